The highest BCUT2D eigenvalue weighted by Crippen LogP contribution is 2.23. The van der Waals surface area contributed by atoms with Crippen LogP contribution in [-0.2, 0) is 14.3 Å². The smallest absolute Gasteiger partial charge is 0.407 e. The van der Waals surface area contributed by atoms with Crippen LogP contribution in [0, 0.1) is 5.92 Å². The molecule has 0 aromatic heterocycles. The van der Waals surface area contributed by atoms with Gasteiger partial charge in [0.05, 0.1) is 7.11 Å². The summed E-state index contributed by atoms with van der Waals surface area (Å²) < 4.78 is 4.58. The molecule has 1 heterocycles. The minimum Gasteiger partial charge on any atom is -0.480 e. The molecule has 25 heavy (non-hydrogen) atoms. The van der Waals surface area contributed by atoms with Gasteiger partial charge in [-0.2, -0.15) is 0 Å². The lowest BCUT2D eigenvalue weighted by molar-refractivity contribution is -0.142. The Labute approximate surface area is 155 Å². The van der Waals surface area contributed by atoms with Crippen molar-refractivity contribution in [3.05, 3.63) is 0 Å². The van der Waals surface area contributed by atoms with Gasteiger partial charge in [-0.1, -0.05) is 13.3 Å². The zero-order chi connectivity index (χ0) is 18.3. The third-order valence-electron chi connectivity index (χ3n) is 4.46. The minimum absolute atomic E-state index is 0. The fourth-order valence-electron chi connectivity index (χ4n) is 3.30. The van der Waals surface area contributed by atoms with Gasteiger partial charge in [0.1, 0.15) is 6.04 Å². The Hall–Kier alpha value is -1.54. The largest absolute Gasteiger partial charge is 0.480 e. The molecule has 2 amide bonds. The highest BCUT2D eigenvalue weighted by molar-refractivity contribution is 5.85. The molecule has 0 aromatic rings. The van der Waals surface area contributed by atoms with Gasteiger partial charge in [-0.3, -0.25) is 14.5 Å². The number of nitrogens with zero attached hydrogens (tertiary/aromatic N) is 1. The SMILES string of the molecule is CCCC(CN1C[C@H](NC(=O)OC)C[C@@H]1C(=O)O)C(C)NC(C)=O.Cl. The molecule has 3 N–H and O–H groups in total. The molecule has 8 nitrogen and oxygen atoms in total. The average molecular weight is 380 g/mol. The third kappa shape index (κ3) is 7.48. The predicted octanol–water partition coefficient (Wildman–Crippen LogP) is 1.23. The van der Waals surface area contributed by atoms with Crippen LogP contribution in [0.5, 0.6) is 0 Å². The van der Waals surface area contributed by atoms with Gasteiger partial charge in [0.15, 0.2) is 0 Å². The van der Waals surface area contributed by atoms with Crippen LogP contribution in [0.4, 0.5) is 4.79 Å². The van der Waals surface area contributed by atoms with E-state index < -0.39 is 18.1 Å². The van der Waals surface area contributed by atoms with Crippen LogP contribution < -0.4 is 10.6 Å². The zero-order valence-corrected chi connectivity index (χ0v) is 16.1. The van der Waals surface area contributed by atoms with Crippen LogP contribution in [0.1, 0.15) is 40.0 Å². The lowest BCUT2D eigenvalue weighted by atomic mass is 9.95. The fraction of sp³-hybridized carbons (Fsp3) is 0.812. The molecule has 2 unspecified atom stereocenters. The predicted molar refractivity (Wildman–Crippen MR) is 95.9 cm³/mol. The van der Waals surface area contributed by atoms with E-state index >= 15 is 0 Å². The number of halogens is 1. The van der Waals surface area contributed by atoms with Crippen molar-refractivity contribution in [1.29, 1.82) is 0 Å². The quantitative estimate of drug-likeness (QED) is 0.585. The van der Waals surface area contributed by atoms with Crippen molar-refractivity contribution in [2.24, 2.45) is 5.92 Å². The maximum Gasteiger partial charge on any atom is 0.407 e. The number of carboxylic acids is 1. The van der Waals surface area contributed by atoms with E-state index in [1.807, 2.05) is 11.8 Å². The number of rotatable bonds is 8. The molecule has 0 radical (unpaired) electrons. The normalized spacial score (nSPS) is 22.4. The van der Waals surface area contributed by atoms with Crippen molar-refractivity contribution in [1.82, 2.24) is 15.5 Å². The van der Waals surface area contributed by atoms with E-state index in [0.717, 1.165) is 12.8 Å². The average Bonchev–Trinajstić information content (AvgIpc) is 2.88. The molecule has 0 aromatic carbocycles. The van der Waals surface area contributed by atoms with Gasteiger partial charge in [0.2, 0.25) is 5.91 Å². The highest BCUT2D eigenvalue weighted by atomic mass is 35.5. The van der Waals surface area contributed by atoms with E-state index in [1.165, 1.54) is 14.0 Å². The van der Waals surface area contributed by atoms with Gasteiger partial charge in [-0.05, 0) is 25.7 Å². The Kier molecular flexibility index (Phi) is 10.5. The molecule has 4 atom stereocenters. The summed E-state index contributed by atoms with van der Waals surface area (Å²) in [6, 6.07) is -0.933. The second-order valence-electron chi connectivity index (χ2n) is 6.41. The van der Waals surface area contributed by atoms with Crippen LogP contribution >= 0.6 is 12.4 Å². The number of amides is 2. The van der Waals surface area contributed by atoms with Gasteiger partial charge >= 0.3 is 12.1 Å². The number of aliphatic carboxylic acids is 1. The molecule has 1 fully saturated rings. The monoisotopic (exact) mass is 379 g/mol. The number of ether oxygens (including phenoxy) is 1. The Morgan fingerprint density at radius 1 is 1.36 bits per heavy atom. The van der Waals surface area contributed by atoms with Crippen molar-refractivity contribution in [3.63, 3.8) is 0 Å². The topological polar surface area (TPSA) is 108 Å². The number of carboxylic acid groups (broad SMARTS) is 1. The summed E-state index contributed by atoms with van der Waals surface area (Å²) >= 11 is 0. The van der Waals surface area contributed by atoms with Gasteiger partial charge in [0, 0.05) is 32.1 Å². The van der Waals surface area contributed by atoms with Gasteiger partial charge in [0.25, 0.3) is 0 Å². The number of likely N-dealkylation sites (tertiary alicyclic amines) is 1. The van der Waals surface area contributed by atoms with Crippen LogP contribution in [0.15, 0.2) is 0 Å². The summed E-state index contributed by atoms with van der Waals surface area (Å²) in [5, 5.41) is 15.0. The molecule has 0 aliphatic carbocycles. The van der Waals surface area contributed by atoms with E-state index in [9.17, 15) is 19.5 Å². The molecular formula is C16H30ClN3O5. The van der Waals surface area contributed by atoms with Crippen molar-refractivity contribution < 1.29 is 24.2 Å². The number of nitrogens with one attached hydrogen (secondary N) is 2. The van der Waals surface area contributed by atoms with Gasteiger partial charge in [-0.25, -0.2) is 4.79 Å². The van der Waals surface area contributed by atoms with Crippen LogP contribution in [-0.4, -0.2) is 66.3 Å². The first-order chi connectivity index (χ1) is 11.3. The highest BCUT2D eigenvalue weighted by Gasteiger charge is 2.39. The summed E-state index contributed by atoms with van der Waals surface area (Å²) in [5.41, 5.74) is 0. The first-order valence-corrected chi connectivity index (χ1v) is 8.36. The Morgan fingerprint density at radius 2 is 2.00 bits per heavy atom. The Morgan fingerprint density at radius 3 is 2.48 bits per heavy atom. The molecule has 0 bridgehead atoms. The Bertz CT molecular complexity index is 463. The van der Waals surface area contributed by atoms with Crippen molar-refractivity contribution in [2.75, 3.05) is 20.2 Å². The van der Waals surface area contributed by atoms with Crippen molar-refractivity contribution in [3.8, 4) is 0 Å². The van der Waals surface area contributed by atoms with E-state index in [4.69, 9.17) is 0 Å². The van der Waals surface area contributed by atoms with Crippen LogP contribution in [0.2, 0.25) is 0 Å². The molecule has 1 rings (SSSR count). The van der Waals surface area contributed by atoms with Crippen LogP contribution in [0.25, 0.3) is 0 Å². The summed E-state index contributed by atoms with van der Waals surface area (Å²) in [6.45, 7) is 6.50. The molecule has 1 aliphatic heterocycles. The lowest BCUT2D eigenvalue weighted by Crippen LogP contribution is -2.46. The molecule has 1 aliphatic rings. The number of carbonyl (C=O) groups is 3. The number of carbonyl (C=O) groups excluding carboxylic acids is 2. The van der Waals surface area contributed by atoms with E-state index in [1.54, 1.807) is 0 Å². The molecular weight excluding hydrogens is 350 g/mol. The second kappa shape index (κ2) is 11.1. The number of methoxy groups -OCH3 is 1. The molecule has 146 valence electrons. The van der Waals surface area contributed by atoms with Crippen molar-refractivity contribution >= 4 is 30.4 Å². The molecule has 1 saturated heterocycles. The first-order valence-electron chi connectivity index (χ1n) is 8.36. The molecule has 9 heteroatoms. The van der Waals surface area contributed by atoms with Crippen molar-refractivity contribution in [2.45, 2.75) is 58.2 Å². The summed E-state index contributed by atoms with van der Waals surface area (Å²) in [5.74, 6) is -0.839. The van der Waals surface area contributed by atoms with E-state index in [0.29, 0.717) is 19.5 Å². The molecule has 0 spiro atoms. The van der Waals surface area contributed by atoms with Gasteiger partial charge in [-0.15, -0.1) is 12.4 Å². The maximum absolute atomic E-state index is 11.5. The van der Waals surface area contributed by atoms with E-state index in [-0.39, 0.29) is 36.3 Å². The van der Waals surface area contributed by atoms with E-state index in [2.05, 4.69) is 22.3 Å². The molecule has 0 saturated carbocycles. The second-order valence-corrected chi connectivity index (χ2v) is 6.41. The first kappa shape index (κ1) is 23.5. The standard InChI is InChI=1S/C16H29N3O5.ClH/c1-5-6-12(10(2)17-11(3)20)8-19-9-13(18-16(23)24-4)7-14(19)15(21)22;/h10,12-14H,5-9H2,1-4H3,(H,17,20)(H,18,23)(H,21,22);1H/t10?,12?,13-,14-;/m1./s1. The number of alkyl carbamates (subject to hydrolysis) is 1. The lowest BCUT2D eigenvalue weighted by Gasteiger charge is -2.30. The maximum atomic E-state index is 11.5. The minimum atomic E-state index is -0.897. The number of hydrogen-bond donors (Lipinski definition) is 3. The fourth-order valence-corrected chi connectivity index (χ4v) is 3.30. The summed E-state index contributed by atoms with van der Waals surface area (Å²) in [7, 11) is 1.28. The summed E-state index contributed by atoms with van der Waals surface area (Å²) in [4.78, 5) is 36.1. The third-order valence-corrected chi connectivity index (χ3v) is 4.46. The number of hydrogen-bond acceptors (Lipinski definition) is 5. The van der Waals surface area contributed by atoms with Crippen LogP contribution in [0.3, 0.4) is 0 Å². The van der Waals surface area contributed by atoms with Gasteiger partial charge < -0.3 is 20.5 Å². The summed E-state index contributed by atoms with van der Waals surface area (Å²) in [6.07, 6.45) is 1.63. The Balaban J connectivity index is 0.00000576. The zero-order valence-electron chi connectivity index (χ0n) is 15.3.